The van der Waals surface area contributed by atoms with Gasteiger partial charge in [0, 0.05) is 11.1 Å². The van der Waals surface area contributed by atoms with Gasteiger partial charge in [0.2, 0.25) is 5.82 Å². The van der Waals surface area contributed by atoms with Gasteiger partial charge in [-0.05, 0) is 73.0 Å². The first kappa shape index (κ1) is 28.5. The first-order chi connectivity index (χ1) is 18.9. The van der Waals surface area contributed by atoms with Crippen LogP contribution in [0.4, 0.5) is 35.1 Å². The molecule has 0 amide bonds. The summed E-state index contributed by atoms with van der Waals surface area (Å²) in [5.74, 6) is -17.9. The highest BCUT2D eigenvalue weighted by Crippen LogP contribution is 2.30. The van der Waals surface area contributed by atoms with Gasteiger partial charge >= 0.3 is 0 Å². The van der Waals surface area contributed by atoms with E-state index in [9.17, 15) is 44.7 Å². The summed E-state index contributed by atoms with van der Waals surface area (Å²) >= 11 is 0. The van der Waals surface area contributed by atoms with Crippen molar-refractivity contribution < 1.29 is 49.4 Å². The summed E-state index contributed by atoms with van der Waals surface area (Å²) in [6.07, 6.45) is 0.0356. The third-order valence-electron chi connectivity index (χ3n) is 6.16. The van der Waals surface area contributed by atoms with E-state index in [1.54, 1.807) is 0 Å². The molecule has 206 valence electrons. The summed E-state index contributed by atoms with van der Waals surface area (Å²) in [5.41, 5.74) is -3.56. The van der Waals surface area contributed by atoms with E-state index >= 15 is 0 Å². The summed E-state index contributed by atoms with van der Waals surface area (Å²) in [4.78, 5) is 25.2. The summed E-state index contributed by atoms with van der Waals surface area (Å²) in [5, 5.41) is 0. The number of benzene rings is 4. The predicted molar refractivity (Wildman–Crippen MR) is 126 cm³/mol. The molecule has 0 saturated carbocycles. The number of carbonyl (C=O) groups excluding carboxylic acids is 2. The average Bonchev–Trinajstić information content (AvgIpc) is 2.95. The number of rotatable bonds is 7. The molecular formula is C29H16F8O3. The quantitative estimate of drug-likeness (QED) is 0.0992. The van der Waals surface area contributed by atoms with Crippen molar-refractivity contribution in [3.8, 4) is 11.5 Å². The molecule has 0 atom stereocenters. The second kappa shape index (κ2) is 10.9. The Bertz CT molecular complexity index is 1630. The van der Waals surface area contributed by atoms with Crippen molar-refractivity contribution in [2.45, 2.75) is 20.3 Å². The normalized spacial score (nSPS) is 11.1. The Hall–Kier alpha value is -4.54. The maximum atomic E-state index is 14.8. The van der Waals surface area contributed by atoms with Crippen LogP contribution >= 0.6 is 0 Å². The number of ketones is 2. The van der Waals surface area contributed by atoms with Crippen molar-refractivity contribution in [3.05, 3.63) is 128 Å². The minimum atomic E-state index is -2.39. The minimum Gasteiger partial charge on any atom is -0.457 e. The third kappa shape index (κ3) is 4.83. The van der Waals surface area contributed by atoms with Crippen LogP contribution < -0.4 is 4.74 Å². The van der Waals surface area contributed by atoms with Gasteiger partial charge in [0.05, 0.1) is 5.56 Å². The molecule has 0 fully saturated rings. The molecule has 0 radical (unpaired) electrons. The molecule has 0 heterocycles. The Labute approximate surface area is 221 Å². The summed E-state index contributed by atoms with van der Waals surface area (Å²) in [7, 11) is 0. The molecule has 0 spiro atoms. The van der Waals surface area contributed by atoms with Crippen LogP contribution in [0.2, 0.25) is 0 Å². The van der Waals surface area contributed by atoms with Crippen LogP contribution in [-0.4, -0.2) is 11.6 Å². The molecule has 40 heavy (non-hydrogen) atoms. The van der Waals surface area contributed by atoms with Crippen LogP contribution in [0.5, 0.6) is 11.5 Å². The Balaban J connectivity index is 1.55. The molecule has 0 unspecified atom stereocenters. The summed E-state index contributed by atoms with van der Waals surface area (Å²) < 4.78 is 117. The maximum absolute atomic E-state index is 14.8. The van der Waals surface area contributed by atoms with E-state index < -0.39 is 74.8 Å². The van der Waals surface area contributed by atoms with Crippen molar-refractivity contribution in [3.63, 3.8) is 0 Å². The fourth-order valence-electron chi connectivity index (χ4n) is 4.02. The molecule has 0 aliphatic carbocycles. The molecule has 11 heteroatoms. The SMILES string of the molecule is CCc1c(C)c(F)c(F)c(C(=O)c2ccc(Oc3ccc(C(=O)c4c(F)c(F)c(F)c(F)c4F)cc3)cc2)c1F. The van der Waals surface area contributed by atoms with Crippen molar-refractivity contribution in [1.29, 1.82) is 0 Å². The molecule has 4 aromatic carbocycles. The van der Waals surface area contributed by atoms with E-state index in [0.29, 0.717) is 0 Å². The molecule has 0 saturated heterocycles. The lowest BCUT2D eigenvalue weighted by Gasteiger charge is -2.13. The molecule has 3 nitrogen and oxygen atoms in total. The van der Waals surface area contributed by atoms with E-state index in [4.69, 9.17) is 4.74 Å². The van der Waals surface area contributed by atoms with Gasteiger partial charge in [-0.3, -0.25) is 9.59 Å². The fourth-order valence-corrected chi connectivity index (χ4v) is 4.02. The maximum Gasteiger partial charge on any atom is 0.200 e. The van der Waals surface area contributed by atoms with Crippen LogP contribution in [-0.2, 0) is 6.42 Å². The third-order valence-corrected chi connectivity index (χ3v) is 6.16. The molecule has 0 N–H and O–H groups in total. The first-order valence-electron chi connectivity index (χ1n) is 11.5. The summed E-state index contributed by atoms with van der Waals surface area (Å²) in [6, 6.07) is 9.29. The zero-order valence-electron chi connectivity index (χ0n) is 20.6. The molecular weight excluding hydrogens is 548 g/mol. The standard InChI is InChI=1S/C29H16F8O3/c1-3-17-12(2)20(30)22(32)18(21(17)31)28(38)13-4-8-15(9-5-13)40-16-10-6-14(7-11-16)29(39)19-23(33)25(35)27(37)26(36)24(19)34/h4-11H,3H2,1-2H3. The number of carbonyl (C=O) groups is 2. The van der Waals surface area contributed by atoms with Gasteiger partial charge in [-0.15, -0.1) is 0 Å². The lowest BCUT2D eigenvalue weighted by molar-refractivity contribution is 0.102. The van der Waals surface area contributed by atoms with Crippen LogP contribution in [0.3, 0.4) is 0 Å². The van der Waals surface area contributed by atoms with E-state index in [-0.39, 0.29) is 34.6 Å². The van der Waals surface area contributed by atoms with Gasteiger partial charge in [-0.25, -0.2) is 35.1 Å². The largest absolute Gasteiger partial charge is 0.457 e. The van der Waals surface area contributed by atoms with E-state index in [1.807, 2.05) is 0 Å². The van der Waals surface area contributed by atoms with Crippen LogP contribution in [0.15, 0.2) is 48.5 Å². The highest BCUT2D eigenvalue weighted by atomic mass is 19.2. The monoisotopic (exact) mass is 564 g/mol. The lowest BCUT2D eigenvalue weighted by Crippen LogP contribution is -2.13. The molecule has 0 aliphatic rings. The molecule has 0 aromatic heterocycles. The van der Waals surface area contributed by atoms with Crippen molar-refractivity contribution in [2.24, 2.45) is 0 Å². The Morgan fingerprint density at radius 1 is 0.550 bits per heavy atom. The van der Waals surface area contributed by atoms with Gasteiger partial charge in [0.1, 0.15) is 22.9 Å². The minimum absolute atomic E-state index is 0.0356. The van der Waals surface area contributed by atoms with E-state index in [1.165, 1.54) is 50.2 Å². The van der Waals surface area contributed by atoms with Gasteiger partial charge in [-0.2, -0.15) is 0 Å². The highest BCUT2D eigenvalue weighted by Gasteiger charge is 2.30. The van der Waals surface area contributed by atoms with Crippen molar-refractivity contribution in [2.75, 3.05) is 0 Å². The Morgan fingerprint density at radius 2 is 0.900 bits per heavy atom. The van der Waals surface area contributed by atoms with Crippen molar-refractivity contribution in [1.82, 2.24) is 0 Å². The van der Waals surface area contributed by atoms with E-state index in [2.05, 4.69) is 0 Å². The van der Waals surface area contributed by atoms with Crippen LogP contribution in [0, 0.1) is 53.5 Å². The Morgan fingerprint density at radius 3 is 1.30 bits per heavy atom. The molecule has 4 rings (SSSR count). The average molecular weight is 564 g/mol. The van der Waals surface area contributed by atoms with Gasteiger partial charge < -0.3 is 4.74 Å². The fraction of sp³-hybridized carbons (Fsp3) is 0.103. The predicted octanol–water partition coefficient (Wildman–Crippen LogP) is 7.92. The Kier molecular flexibility index (Phi) is 7.77. The number of ether oxygens (including phenoxy) is 1. The smallest absolute Gasteiger partial charge is 0.200 e. The highest BCUT2D eigenvalue weighted by molar-refractivity contribution is 6.10. The number of halogens is 8. The first-order valence-corrected chi connectivity index (χ1v) is 11.5. The van der Waals surface area contributed by atoms with E-state index in [0.717, 1.165) is 12.1 Å². The zero-order valence-corrected chi connectivity index (χ0v) is 20.6. The summed E-state index contributed by atoms with van der Waals surface area (Å²) in [6.45, 7) is 2.74. The topological polar surface area (TPSA) is 43.4 Å². The molecule has 0 bridgehead atoms. The zero-order chi connectivity index (χ0) is 29.5. The van der Waals surface area contributed by atoms with Crippen molar-refractivity contribution >= 4 is 11.6 Å². The second-order valence-corrected chi connectivity index (χ2v) is 8.53. The lowest BCUT2D eigenvalue weighted by atomic mass is 9.95. The number of hydrogen-bond donors (Lipinski definition) is 0. The van der Waals surface area contributed by atoms with Gasteiger partial charge in [0.15, 0.2) is 46.5 Å². The second-order valence-electron chi connectivity index (χ2n) is 8.53. The van der Waals surface area contributed by atoms with Gasteiger partial charge in [0.25, 0.3) is 0 Å². The van der Waals surface area contributed by atoms with Crippen LogP contribution in [0.25, 0.3) is 0 Å². The molecule has 4 aromatic rings. The number of hydrogen-bond acceptors (Lipinski definition) is 3. The molecule has 0 aliphatic heterocycles. The van der Waals surface area contributed by atoms with Crippen LogP contribution in [0.1, 0.15) is 49.9 Å². The van der Waals surface area contributed by atoms with Gasteiger partial charge in [-0.1, -0.05) is 6.92 Å².